The molecule has 6 rings (SSSR count). The number of hydrogen-bond donors (Lipinski definition) is 0. The Hall–Kier alpha value is -3.87. The van der Waals surface area contributed by atoms with Gasteiger partial charge in [-0.2, -0.15) is 0 Å². The molecule has 0 atom stereocenters. The van der Waals surface area contributed by atoms with Crippen LogP contribution in [0.1, 0.15) is 47.0 Å². The van der Waals surface area contributed by atoms with Crippen LogP contribution in [-0.4, -0.2) is 23.2 Å². The molecule has 3 aromatic carbocycles. The Bertz CT molecular complexity index is 1660. The van der Waals surface area contributed by atoms with Crippen molar-refractivity contribution >= 4 is 40.1 Å². The first-order chi connectivity index (χ1) is 19.0. The number of aromatic nitrogens is 2. The molecule has 0 aliphatic heterocycles. The highest BCUT2D eigenvalue weighted by molar-refractivity contribution is 6.39. The molecule has 1 aliphatic rings. The standard InChI is InChI=1S/C31H24Cl2N2O4/c1-37-31(36)27-15-11-21-16-20(10-14-26(21)34-27)18-8-12-22(13-9-18)38-17-23-29(28-24(32)6-3-7-25(28)33)35-39-30(23)19-4-2-5-19/h3,6-16,19H,2,4-5,17H2,1H3. The van der Waals surface area contributed by atoms with Gasteiger partial charge in [0.05, 0.1) is 28.2 Å². The maximum atomic E-state index is 11.8. The molecule has 0 amide bonds. The molecule has 1 fully saturated rings. The predicted octanol–water partition coefficient (Wildman–Crippen LogP) is 8.50. The monoisotopic (exact) mass is 558 g/mol. The quantitative estimate of drug-likeness (QED) is 0.186. The van der Waals surface area contributed by atoms with Crippen molar-refractivity contribution in [2.45, 2.75) is 31.8 Å². The minimum absolute atomic E-state index is 0.285. The van der Waals surface area contributed by atoms with Gasteiger partial charge >= 0.3 is 5.97 Å². The predicted molar refractivity (Wildman–Crippen MR) is 151 cm³/mol. The van der Waals surface area contributed by atoms with Crippen molar-refractivity contribution in [3.63, 3.8) is 0 Å². The van der Waals surface area contributed by atoms with E-state index >= 15 is 0 Å². The smallest absolute Gasteiger partial charge is 0.356 e. The lowest BCUT2D eigenvalue weighted by Gasteiger charge is -2.23. The second-order valence-corrected chi connectivity index (χ2v) is 10.3. The number of carbonyl (C=O) groups is 1. The third-order valence-corrected chi connectivity index (χ3v) is 7.78. The molecular weight excluding hydrogens is 535 g/mol. The zero-order valence-electron chi connectivity index (χ0n) is 21.1. The fraction of sp³-hybridized carbons (Fsp3) is 0.194. The summed E-state index contributed by atoms with van der Waals surface area (Å²) in [6.45, 7) is 0.287. The van der Waals surface area contributed by atoms with Gasteiger partial charge in [0.2, 0.25) is 0 Å². The van der Waals surface area contributed by atoms with Gasteiger partial charge in [-0.1, -0.05) is 65.1 Å². The molecule has 6 nitrogen and oxygen atoms in total. The zero-order chi connectivity index (χ0) is 26.9. The summed E-state index contributed by atoms with van der Waals surface area (Å²) < 4.78 is 16.8. The second-order valence-electron chi connectivity index (χ2n) is 9.51. The van der Waals surface area contributed by atoms with E-state index in [1.165, 1.54) is 13.5 Å². The number of rotatable bonds is 7. The average Bonchev–Trinajstić information content (AvgIpc) is 3.32. The van der Waals surface area contributed by atoms with Crippen molar-refractivity contribution in [1.29, 1.82) is 0 Å². The van der Waals surface area contributed by atoms with Crippen LogP contribution < -0.4 is 4.74 Å². The number of carbonyl (C=O) groups excluding carboxylic acids is 1. The molecular formula is C31H24Cl2N2O4. The minimum Gasteiger partial charge on any atom is -0.489 e. The van der Waals surface area contributed by atoms with E-state index in [1.54, 1.807) is 18.2 Å². The van der Waals surface area contributed by atoms with Crippen LogP contribution in [0.3, 0.4) is 0 Å². The number of methoxy groups -OCH3 is 1. The maximum absolute atomic E-state index is 11.8. The number of fused-ring (bicyclic) bond motifs is 1. The Balaban J connectivity index is 1.23. The van der Waals surface area contributed by atoms with E-state index in [0.717, 1.165) is 51.9 Å². The van der Waals surface area contributed by atoms with Crippen LogP contribution in [0.2, 0.25) is 10.0 Å². The molecule has 2 aromatic heterocycles. The lowest BCUT2D eigenvalue weighted by molar-refractivity contribution is 0.0594. The fourth-order valence-corrected chi connectivity index (χ4v) is 5.37. The van der Waals surface area contributed by atoms with Crippen LogP contribution in [0.4, 0.5) is 0 Å². The number of nitrogens with zero attached hydrogens (tertiary/aromatic N) is 2. The van der Waals surface area contributed by atoms with Crippen LogP contribution in [0.5, 0.6) is 5.75 Å². The SMILES string of the molecule is COC(=O)c1ccc2cc(-c3ccc(OCc4c(-c5c(Cl)cccc5Cl)noc4C4CCC4)cc3)ccc2n1. The van der Waals surface area contributed by atoms with Gasteiger partial charge in [-0.05, 0) is 66.4 Å². The van der Waals surface area contributed by atoms with E-state index < -0.39 is 5.97 Å². The normalized spacial score (nSPS) is 13.3. The molecule has 196 valence electrons. The lowest BCUT2D eigenvalue weighted by Crippen LogP contribution is -2.11. The first kappa shape index (κ1) is 25.4. The van der Waals surface area contributed by atoms with Crippen molar-refractivity contribution in [3.05, 3.63) is 99.9 Å². The van der Waals surface area contributed by atoms with E-state index in [-0.39, 0.29) is 12.3 Å². The van der Waals surface area contributed by atoms with Crippen molar-refractivity contribution in [2.24, 2.45) is 0 Å². The molecule has 8 heteroatoms. The van der Waals surface area contributed by atoms with Gasteiger partial charge in [-0.15, -0.1) is 0 Å². The van der Waals surface area contributed by atoms with Crippen LogP contribution in [-0.2, 0) is 11.3 Å². The van der Waals surface area contributed by atoms with E-state index in [1.807, 2.05) is 54.6 Å². The van der Waals surface area contributed by atoms with Crippen molar-refractivity contribution in [2.75, 3.05) is 7.11 Å². The highest BCUT2D eigenvalue weighted by Crippen LogP contribution is 2.43. The highest BCUT2D eigenvalue weighted by atomic mass is 35.5. The van der Waals surface area contributed by atoms with Gasteiger partial charge < -0.3 is 14.0 Å². The molecule has 39 heavy (non-hydrogen) atoms. The Morgan fingerprint density at radius 1 is 0.974 bits per heavy atom. The molecule has 0 unspecified atom stereocenters. The molecule has 0 spiro atoms. The number of ether oxygens (including phenoxy) is 2. The summed E-state index contributed by atoms with van der Waals surface area (Å²) in [5.74, 6) is 1.45. The molecule has 1 aliphatic carbocycles. The van der Waals surface area contributed by atoms with Crippen LogP contribution in [0.15, 0.2) is 77.3 Å². The van der Waals surface area contributed by atoms with Crippen molar-refractivity contribution in [1.82, 2.24) is 10.1 Å². The maximum Gasteiger partial charge on any atom is 0.356 e. The lowest BCUT2D eigenvalue weighted by atomic mass is 9.81. The number of pyridine rings is 1. The summed E-state index contributed by atoms with van der Waals surface area (Å²) in [4.78, 5) is 16.2. The topological polar surface area (TPSA) is 74.5 Å². The summed E-state index contributed by atoms with van der Waals surface area (Å²) in [7, 11) is 1.34. The first-order valence-corrected chi connectivity index (χ1v) is 13.4. The summed E-state index contributed by atoms with van der Waals surface area (Å²) in [6, 6.07) is 22.8. The first-order valence-electron chi connectivity index (χ1n) is 12.7. The van der Waals surface area contributed by atoms with E-state index in [2.05, 4.69) is 10.1 Å². The Morgan fingerprint density at radius 2 is 1.72 bits per heavy atom. The molecule has 0 radical (unpaired) electrons. The van der Waals surface area contributed by atoms with Crippen molar-refractivity contribution in [3.8, 4) is 28.1 Å². The molecule has 0 bridgehead atoms. The van der Waals surface area contributed by atoms with Gasteiger partial charge in [-0.3, -0.25) is 0 Å². The number of benzene rings is 3. The van der Waals surface area contributed by atoms with Crippen molar-refractivity contribution < 1.29 is 18.8 Å². The van der Waals surface area contributed by atoms with Gasteiger partial charge in [0.1, 0.15) is 29.5 Å². The average molecular weight is 559 g/mol. The van der Waals surface area contributed by atoms with Gasteiger partial charge in [0.25, 0.3) is 0 Å². The summed E-state index contributed by atoms with van der Waals surface area (Å²) in [5, 5.41) is 6.34. The molecule has 2 heterocycles. The Labute approximate surface area is 235 Å². The molecule has 1 saturated carbocycles. The van der Waals surface area contributed by atoms with E-state index in [9.17, 15) is 4.79 Å². The minimum atomic E-state index is -0.454. The van der Waals surface area contributed by atoms with E-state index in [0.29, 0.717) is 27.2 Å². The third-order valence-electron chi connectivity index (χ3n) is 7.15. The molecule has 0 saturated heterocycles. The van der Waals surface area contributed by atoms with Crippen LogP contribution >= 0.6 is 23.2 Å². The Kier molecular flexibility index (Phi) is 6.98. The number of hydrogen-bond acceptors (Lipinski definition) is 6. The van der Waals surface area contributed by atoms with E-state index in [4.69, 9.17) is 37.2 Å². The van der Waals surface area contributed by atoms with Crippen LogP contribution in [0.25, 0.3) is 33.3 Å². The highest BCUT2D eigenvalue weighted by Gasteiger charge is 2.30. The van der Waals surface area contributed by atoms with Crippen LogP contribution in [0, 0.1) is 0 Å². The second kappa shape index (κ2) is 10.7. The summed E-state index contributed by atoms with van der Waals surface area (Å²) >= 11 is 13.0. The third kappa shape index (κ3) is 4.98. The summed E-state index contributed by atoms with van der Waals surface area (Å²) in [6.07, 6.45) is 3.31. The Morgan fingerprint density at radius 3 is 2.41 bits per heavy atom. The summed E-state index contributed by atoms with van der Waals surface area (Å²) in [5.41, 5.74) is 5.25. The number of esters is 1. The van der Waals surface area contributed by atoms with Gasteiger partial charge in [-0.25, -0.2) is 9.78 Å². The van der Waals surface area contributed by atoms with Gasteiger partial charge in [0.15, 0.2) is 0 Å². The number of halogens is 2. The van der Waals surface area contributed by atoms with Gasteiger partial charge in [0, 0.05) is 16.9 Å². The molecule has 5 aromatic rings. The largest absolute Gasteiger partial charge is 0.489 e. The zero-order valence-corrected chi connectivity index (χ0v) is 22.6. The fourth-order valence-electron chi connectivity index (χ4n) is 4.80. The molecule has 0 N–H and O–H groups in total.